The van der Waals surface area contributed by atoms with Gasteiger partial charge in [-0.1, -0.05) is 22.4 Å². The molecular formula is C14H18BrFN2. The topological polar surface area (TPSA) is 6.48 Å². The van der Waals surface area contributed by atoms with Crippen molar-refractivity contribution in [1.82, 2.24) is 4.90 Å². The summed E-state index contributed by atoms with van der Waals surface area (Å²) in [5.41, 5.74) is 0.745. The molecule has 0 bridgehead atoms. The maximum Gasteiger partial charge on any atom is 0.146 e. The number of nitrogens with zero attached hydrogens (tertiary/aromatic N) is 2. The third kappa shape index (κ3) is 2.41. The fourth-order valence-electron chi connectivity index (χ4n) is 3.10. The molecule has 0 aliphatic carbocycles. The van der Waals surface area contributed by atoms with Crippen molar-refractivity contribution in [1.29, 1.82) is 0 Å². The van der Waals surface area contributed by atoms with Crippen LogP contribution in [-0.4, -0.2) is 37.1 Å². The van der Waals surface area contributed by atoms with Gasteiger partial charge in [-0.25, -0.2) is 4.39 Å². The molecule has 4 heteroatoms. The molecule has 18 heavy (non-hydrogen) atoms. The Bertz CT molecular complexity index is 438. The van der Waals surface area contributed by atoms with Gasteiger partial charge in [-0.05, 0) is 37.6 Å². The molecular weight excluding hydrogens is 295 g/mol. The largest absolute Gasteiger partial charge is 0.366 e. The Labute approximate surface area is 116 Å². The summed E-state index contributed by atoms with van der Waals surface area (Å²) in [5.74, 6) is -0.109. The molecule has 0 amide bonds. The molecule has 0 N–H and O–H groups in total. The van der Waals surface area contributed by atoms with Crippen LogP contribution >= 0.6 is 15.9 Å². The number of benzene rings is 1. The zero-order valence-electron chi connectivity index (χ0n) is 10.4. The maximum absolute atomic E-state index is 13.9. The molecule has 0 radical (unpaired) electrons. The van der Waals surface area contributed by atoms with Gasteiger partial charge in [-0.2, -0.15) is 0 Å². The predicted molar refractivity (Wildman–Crippen MR) is 75.5 cm³/mol. The molecule has 1 aromatic rings. The highest BCUT2D eigenvalue weighted by Crippen LogP contribution is 2.28. The van der Waals surface area contributed by atoms with Gasteiger partial charge in [-0.3, -0.25) is 4.90 Å². The number of hydrogen-bond acceptors (Lipinski definition) is 2. The molecule has 0 aromatic heterocycles. The normalized spacial score (nSPS) is 25.0. The van der Waals surface area contributed by atoms with E-state index in [4.69, 9.17) is 0 Å². The Kier molecular flexibility index (Phi) is 3.57. The third-order valence-electron chi connectivity index (χ3n) is 4.09. The molecule has 98 valence electrons. The highest BCUT2D eigenvalue weighted by Gasteiger charge is 2.29. The lowest BCUT2D eigenvalue weighted by molar-refractivity contribution is 0.133. The van der Waals surface area contributed by atoms with E-state index in [1.54, 1.807) is 12.1 Å². The Morgan fingerprint density at radius 1 is 1.17 bits per heavy atom. The van der Waals surface area contributed by atoms with Gasteiger partial charge < -0.3 is 4.90 Å². The van der Waals surface area contributed by atoms with Crippen LogP contribution in [0.25, 0.3) is 0 Å². The smallest absolute Gasteiger partial charge is 0.146 e. The lowest BCUT2D eigenvalue weighted by Gasteiger charge is -2.45. The van der Waals surface area contributed by atoms with E-state index < -0.39 is 0 Å². The Morgan fingerprint density at radius 3 is 2.94 bits per heavy atom. The molecule has 0 spiro atoms. The second-order valence-electron chi connectivity index (χ2n) is 5.23. The predicted octanol–water partition coefficient (Wildman–Crippen LogP) is 3.26. The van der Waals surface area contributed by atoms with Gasteiger partial charge in [0.1, 0.15) is 5.82 Å². The molecule has 2 heterocycles. The average Bonchev–Trinajstić information content (AvgIpc) is 2.41. The Hall–Kier alpha value is -0.610. The van der Waals surface area contributed by atoms with Crippen LogP contribution in [0.4, 0.5) is 10.1 Å². The van der Waals surface area contributed by atoms with Crippen molar-refractivity contribution in [2.45, 2.75) is 25.3 Å². The van der Waals surface area contributed by atoms with Crippen LogP contribution in [-0.2, 0) is 0 Å². The van der Waals surface area contributed by atoms with E-state index in [0.29, 0.717) is 6.04 Å². The van der Waals surface area contributed by atoms with Gasteiger partial charge in [-0.15, -0.1) is 0 Å². The van der Waals surface area contributed by atoms with Crippen LogP contribution in [0.1, 0.15) is 19.3 Å². The zero-order chi connectivity index (χ0) is 12.5. The van der Waals surface area contributed by atoms with Crippen molar-refractivity contribution >= 4 is 21.6 Å². The van der Waals surface area contributed by atoms with Crippen molar-refractivity contribution in [3.63, 3.8) is 0 Å². The number of fused-ring (bicyclic) bond motifs is 1. The van der Waals surface area contributed by atoms with E-state index in [1.165, 1.54) is 25.8 Å². The molecule has 1 aromatic carbocycles. The van der Waals surface area contributed by atoms with E-state index in [-0.39, 0.29) is 5.82 Å². The summed E-state index contributed by atoms with van der Waals surface area (Å²) in [6.07, 6.45) is 3.89. The van der Waals surface area contributed by atoms with Crippen LogP contribution < -0.4 is 4.90 Å². The zero-order valence-corrected chi connectivity index (χ0v) is 12.0. The first kappa shape index (κ1) is 12.4. The molecule has 2 fully saturated rings. The lowest BCUT2D eigenvalue weighted by Crippen LogP contribution is -2.55. The molecule has 2 aliphatic rings. The van der Waals surface area contributed by atoms with Gasteiger partial charge in [0.25, 0.3) is 0 Å². The monoisotopic (exact) mass is 312 g/mol. The number of halogens is 2. The van der Waals surface area contributed by atoms with E-state index in [2.05, 4.69) is 25.7 Å². The van der Waals surface area contributed by atoms with Crippen LogP contribution in [0.2, 0.25) is 0 Å². The summed E-state index contributed by atoms with van der Waals surface area (Å²) in [6, 6.07) is 5.82. The van der Waals surface area contributed by atoms with Crippen molar-refractivity contribution in [2.75, 3.05) is 31.1 Å². The van der Waals surface area contributed by atoms with E-state index in [9.17, 15) is 4.39 Å². The summed E-state index contributed by atoms with van der Waals surface area (Å²) in [4.78, 5) is 4.77. The second kappa shape index (κ2) is 5.17. The first-order chi connectivity index (χ1) is 8.74. The van der Waals surface area contributed by atoms with Gasteiger partial charge in [0.2, 0.25) is 0 Å². The lowest BCUT2D eigenvalue weighted by atomic mass is 9.99. The number of piperidine rings is 1. The third-order valence-corrected chi connectivity index (χ3v) is 4.58. The minimum absolute atomic E-state index is 0.109. The van der Waals surface area contributed by atoms with Crippen molar-refractivity contribution in [3.05, 3.63) is 28.5 Å². The van der Waals surface area contributed by atoms with Gasteiger partial charge in [0, 0.05) is 30.1 Å². The van der Waals surface area contributed by atoms with E-state index >= 15 is 0 Å². The molecule has 2 saturated heterocycles. The minimum atomic E-state index is -0.109. The first-order valence-electron chi connectivity index (χ1n) is 6.68. The van der Waals surface area contributed by atoms with E-state index in [1.807, 2.05) is 6.07 Å². The van der Waals surface area contributed by atoms with Crippen molar-refractivity contribution < 1.29 is 4.39 Å². The first-order valence-corrected chi connectivity index (χ1v) is 7.47. The molecule has 2 nitrogen and oxygen atoms in total. The van der Waals surface area contributed by atoms with Crippen LogP contribution in [0.3, 0.4) is 0 Å². The number of rotatable bonds is 1. The van der Waals surface area contributed by atoms with Crippen LogP contribution in [0, 0.1) is 5.82 Å². The summed E-state index contributed by atoms with van der Waals surface area (Å²) in [5, 5.41) is 0. The minimum Gasteiger partial charge on any atom is -0.366 e. The molecule has 1 atom stereocenters. The number of piperazine rings is 1. The summed E-state index contributed by atoms with van der Waals surface area (Å²) < 4.78 is 14.9. The summed E-state index contributed by atoms with van der Waals surface area (Å²) >= 11 is 3.43. The van der Waals surface area contributed by atoms with Crippen molar-refractivity contribution in [3.8, 4) is 0 Å². The highest BCUT2D eigenvalue weighted by molar-refractivity contribution is 9.10. The van der Waals surface area contributed by atoms with Crippen LogP contribution in [0.15, 0.2) is 22.7 Å². The number of hydrogen-bond donors (Lipinski definition) is 0. The standard InChI is InChI=1S/C14H18BrFN2/c15-11-4-5-13(16)14(9-11)18-8-7-17-6-2-1-3-12(17)10-18/h4-5,9,12H,1-3,6-8,10H2. The van der Waals surface area contributed by atoms with Gasteiger partial charge in [0.05, 0.1) is 5.69 Å². The van der Waals surface area contributed by atoms with Gasteiger partial charge >= 0.3 is 0 Å². The molecule has 1 unspecified atom stereocenters. The fraction of sp³-hybridized carbons (Fsp3) is 0.571. The van der Waals surface area contributed by atoms with Crippen LogP contribution in [0.5, 0.6) is 0 Å². The van der Waals surface area contributed by atoms with Crippen molar-refractivity contribution in [2.24, 2.45) is 0 Å². The molecule has 2 aliphatic heterocycles. The summed E-state index contributed by atoms with van der Waals surface area (Å²) in [7, 11) is 0. The average molecular weight is 313 g/mol. The quantitative estimate of drug-likeness (QED) is 0.785. The second-order valence-corrected chi connectivity index (χ2v) is 6.14. The highest BCUT2D eigenvalue weighted by atomic mass is 79.9. The molecule has 3 rings (SSSR count). The Balaban J connectivity index is 1.79. The maximum atomic E-state index is 13.9. The SMILES string of the molecule is Fc1ccc(Br)cc1N1CCN2CCCCC2C1. The summed E-state index contributed by atoms with van der Waals surface area (Å²) in [6.45, 7) is 4.19. The molecule has 0 saturated carbocycles. The van der Waals surface area contributed by atoms with E-state index in [0.717, 1.165) is 29.8 Å². The van der Waals surface area contributed by atoms with Gasteiger partial charge in [0.15, 0.2) is 0 Å². The Morgan fingerprint density at radius 2 is 2.06 bits per heavy atom. The number of anilines is 1. The fourth-order valence-corrected chi connectivity index (χ4v) is 3.45.